The average molecular weight is 400 g/mol. The number of hydrogen-bond acceptors (Lipinski definition) is 2. The van der Waals surface area contributed by atoms with Gasteiger partial charge in [-0.2, -0.15) is 0 Å². The SMILES string of the molecule is CC.CC.CC.CCc1cc(Cl)c(Oc2cccc(C(C)N)c2)c(Cl)c1. The van der Waals surface area contributed by atoms with Crippen LogP contribution in [0.2, 0.25) is 10.0 Å². The summed E-state index contributed by atoms with van der Waals surface area (Å²) >= 11 is 12.5. The Morgan fingerprint density at radius 3 is 1.85 bits per heavy atom. The Kier molecular flexibility index (Phi) is 16.6. The summed E-state index contributed by atoms with van der Waals surface area (Å²) in [5.41, 5.74) is 7.95. The predicted molar refractivity (Wildman–Crippen MR) is 119 cm³/mol. The molecular weight excluding hydrogens is 365 g/mol. The lowest BCUT2D eigenvalue weighted by Crippen LogP contribution is -2.04. The minimum Gasteiger partial charge on any atom is -0.454 e. The molecule has 0 spiro atoms. The van der Waals surface area contributed by atoms with Crippen molar-refractivity contribution in [3.05, 3.63) is 57.6 Å². The highest BCUT2D eigenvalue weighted by Gasteiger charge is 2.11. The van der Waals surface area contributed by atoms with E-state index in [4.69, 9.17) is 33.7 Å². The second-order valence-electron chi connectivity index (χ2n) is 4.71. The number of ether oxygens (including phenoxy) is 1. The van der Waals surface area contributed by atoms with Gasteiger partial charge in [0, 0.05) is 6.04 Å². The highest BCUT2D eigenvalue weighted by atomic mass is 35.5. The first-order valence-electron chi connectivity index (χ1n) is 9.52. The Morgan fingerprint density at radius 1 is 0.923 bits per heavy atom. The van der Waals surface area contributed by atoms with Gasteiger partial charge in [-0.3, -0.25) is 0 Å². The van der Waals surface area contributed by atoms with Gasteiger partial charge in [0.25, 0.3) is 0 Å². The molecule has 2 N–H and O–H groups in total. The predicted octanol–water partition coefficient (Wildman–Crippen LogP) is 8.45. The number of hydrogen-bond donors (Lipinski definition) is 1. The Labute approximate surface area is 170 Å². The summed E-state index contributed by atoms with van der Waals surface area (Å²) in [4.78, 5) is 0. The number of nitrogens with two attached hydrogens (primary N) is 1. The largest absolute Gasteiger partial charge is 0.454 e. The van der Waals surface area contributed by atoms with E-state index in [0.29, 0.717) is 21.5 Å². The molecule has 0 bridgehead atoms. The van der Waals surface area contributed by atoms with Gasteiger partial charge in [0.2, 0.25) is 0 Å². The molecule has 0 radical (unpaired) electrons. The van der Waals surface area contributed by atoms with Gasteiger partial charge in [-0.25, -0.2) is 0 Å². The van der Waals surface area contributed by atoms with E-state index >= 15 is 0 Å². The summed E-state index contributed by atoms with van der Waals surface area (Å²) in [7, 11) is 0. The topological polar surface area (TPSA) is 35.2 Å². The van der Waals surface area contributed by atoms with Crippen molar-refractivity contribution in [1.29, 1.82) is 0 Å². The van der Waals surface area contributed by atoms with Crippen molar-refractivity contribution in [1.82, 2.24) is 0 Å². The molecule has 0 fully saturated rings. The van der Waals surface area contributed by atoms with Crippen molar-refractivity contribution >= 4 is 23.2 Å². The van der Waals surface area contributed by atoms with Crippen LogP contribution in [0.25, 0.3) is 0 Å². The monoisotopic (exact) mass is 399 g/mol. The minimum atomic E-state index is -0.0491. The van der Waals surface area contributed by atoms with Crippen molar-refractivity contribution in [2.24, 2.45) is 5.73 Å². The highest BCUT2D eigenvalue weighted by Crippen LogP contribution is 2.37. The Balaban J connectivity index is 0. The molecule has 0 aliphatic heterocycles. The molecule has 2 nitrogen and oxygen atoms in total. The molecule has 0 amide bonds. The third-order valence-corrected chi connectivity index (χ3v) is 3.63. The maximum Gasteiger partial charge on any atom is 0.164 e. The first-order chi connectivity index (χ1) is 12.5. The van der Waals surface area contributed by atoms with Gasteiger partial charge in [-0.1, -0.05) is 83.8 Å². The number of halogens is 2. The molecule has 0 heterocycles. The molecule has 1 unspecified atom stereocenters. The summed E-state index contributed by atoms with van der Waals surface area (Å²) in [6, 6.07) is 11.3. The molecule has 26 heavy (non-hydrogen) atoms. The van der Waals surface area contributed by atoms with E-state index in [1.807, 2.05) is 84.9 Å². The quantitative estimate of drug-likeness (QED) is 0.559. The van der Waals surface area contributed by atoms with Gasteiger partial charge in [-0.05, 0) is 48.7 Å². The van der Waals surface area contributed by atoms with E-state index in [2.05, 4.69) is 6.92 Å². The molecule has 0 saturated carbocycles. The fourth-order valence-corrected chi connectivity index (χ4v) is 2.50. The van der Waals surface area contributed by atoms with E-state index in [-0.39, 0.29) is 6.04 Å². The molecular formula is C22H35Cl2NO. The van der Waals surface area contributed by atoms with Crippen molar-refractivity contribution in [2.45, 2.75) is 67.9 Å². The van der Waals surface area contributed by atoms with Crippen molar-refractivity contribution in [3.63, 3.8) is 0 Å². The molecule has 0 aromatic heterocycles. The minimum absolute atomic E-state index is 0.0491. The van der Waals surface area contributed by atoms with Crippen LogP contribution < -0.4 is 10.5 Å². The molecule has 2 aromatic carbocycles. The molecule has 0 aliphatic rings. The van der Waals surface area contributed by atoms with Gasteiger partial charge in [0.05, 0.1) is 10.0 Å². The van der Waals surface area contributed by atoms with Gasteiger partial charge < -0.3 is 10.5 Å². The fraction of sp³-hybridized carbons (Fsp3) is 0.455. The number of benzene rings is 2. The zero-order valence-corrected chi connectivity index (χ0v) is 19.0. The standard InChI is InChI=1S/C16H17Cl2NO.3C2H6/c1-3-11-7-14(17)16(15(18)8-11)20-13-6-4-5-12(9-13)10(2)19;3*1-2/h4-10H,3,19H2,1-2H3;3*1-2H3. The van der Waals surface area contributed by atoms with E-state index in [1.54, 1.807) is 0 Å². The van der Waals surface area contributed by atoms with Crippen molar-refractivity contribution < 1.29 is 4.74 Å². The van der Waals surface area contributed by atoms with Crippen LogP contribution in [-0.4, -0.2) is 0 Å². The zero-order chi connectivity index (χ0) is 20.7. The molecule has 148 valence electrons. The van der Waals surface area contributed by atoms with Crippen LogP contribution in [0.1, 0.15) is 72.6 Å². The van der Waals surface area contributed by atoms with Crippen LogP contribution in [0.4, 0.5) is 0 Å². The lowest BCUT2D eigenvalue weighted by Gasteiger charge is -2.13. The third-order valence-electron chi connectivity index (χ3n) is 3.07. The van der Waals surface area contributed by atoms with Crippen LogP contribution >= 0.6 is 23.2 Å². The zero-order valence-electron chi connectivity index (χ0n) is 17.5. The fourth-order valence-electron chi connectivity index (χ4n) is 1.89. The lowest BCUT2D eigenvalue weighted by atomic mass is 10.1. The van der Waals surface area contributed by atoms with Gasteiger partial charge in [0.15, 0.2) is 5.75 Å². The Bertz CT molecular complexity index is 590. The summed E-state index contributed by atoms with van der Waals surface area (Å²) in [6.45, 7) is 16.0. The molecule has 2 rings (SSSR count). The van der Waals surface area contributed by atoms with Crippen molar-refractivity contribution in [2.75, 3.05) is 0 Å². The Morgan fingerprint density at radius 2 is 1.42 bits per heavy atom. The van der Waals surface area contributed by atoms with Crippen LogP contribution in [0.15, 0.2) is 36.4 Å². The molecule has 2 aromatic rings. The lowest BCUT2D eigenvalue weighted by molar-refractivity contribution is 0.481. The maximum atomic E-state index is 6.23. The van der Waals surface area contributed by atoms with Gasteiger partial charge >= 0.3 is 0 Å². The maximum absolute atomic E-state index is 6.23. The van der Waals surface area contributed by atoms with E-state index in [0.717, 1.165) is 17.5 Å². The third kappa shape index (κ3) is 8.93. The van der Waals surface area contributed by atoms with E-state index in [1.165, 1.54) is 0 Å². The highest BCUT2D eigenvalue weighted by molar-refractivity contribution is 6.37. The molecule has 0 saturated heterocycles. The van der Waals surface area contributed by atoms with Crippen LogP contribution in [0.5, 0.6) is 11.5 Å². The average Bonchev–Trinajstić information content (AvgIpc) is 2.69. The smallest absolute Gasteiger partial charge is 0.164 e. The van der Waals surface area contributed by atoms with Gasteiger partial charge in [-0.15, -0.1) is 0 Å². The Hall–Kier alpha value is -1.22. The second kappa shape index (κ2) is 16.0. The summed E-state index contributed by atoms with van der Waals surface area (Å²) in [5.74, 6) is 1.15. The van der Waals surface area contributed by atoms with E-state index in [9.17, 15) is 0 Å². The molecule has 4 heteroatoms. The summed E-state index contributed by atoms with van der Waals surface area (Å²) < 4.78 is 5.81. The summed E-state index contributed by atoms with van der Waals surface area (Å²) in [5, 5.41) is 1.03. The molecule has 1 atom stereocenters. The first-order valence-corrected chi connectivity index (χ1v) is 10.3. The van der Waals surface area contributed by atoms with Gasteiger partial charge in [0.1, 0.15) is 5.75 Å². The van der Waals surface area contributed by atoms with Crippen molar-refractivity contribution in [3.8, 4) is 11.5 Å². The summed E-state index contributed by atoms with van der Waals surface area (Å²) in [6.07, 6.45) is 0.875. The normalized spacial score (nSPS) is 10.1. The van der Waals surface area contributed by atoms with Crippen LogP contribution in [0, 0.1) is 0 Å². The number of aryl methyl sites for hydroxylation is 1. The van der Waals surface area contributed by atoms with E-state index < -0.39 is 0 Å². The second-order valence-corrected chi connectivity index (χ2v) is 5.52. The first kappa shape index (κ1) is 27.0. The molecule has 0 aliphatic carbocycles. The van der Waals surface area contributed by atoms with Crippen LogP contribution in [0.3, 0.4) is 0 Å². The number of rotatable bonds is 4. The van der Waals surface area contributed by atoms with Crippen LogP contribution in [-0.2, 0) is 6.42 Å².